The standard InChI is InChI=1S/C23H29N3O9/c27-19-6-5-18(20(28)25-19)26-21(29)16-4-3-15(14-17(16)22(26)30)2-1-8-33-10-12-35-13-11-34-9-7-24-23(31)32/h3-4,14,18,24H,1-2,5-13H2,(H,31,32)(H,25,27,28). The number of carbonyl (C=O) groups is 5. The van der Waals surface area contributed by atoms with Crippen LogP contribution < -0.4 is 10.6 Å². The van der Waals surface area contributed by atoms with Crippen molar-refractivity contribution < 1.29 is 43.3 Å². The molecule has 3 rings (SSSR count). The third-order valence-corrected chi connectivity index (χ3v) is 5.52. The van der Waals surface area contributed by atoms with Crippen LogP contribution >= 0.6 is 0 Å². The normalized spacial score (nSPS) is 17.5. The van der Waals surface area contributed by atoms with Crippen molar-refractivity contribution in [3.8, 4) is 0 Å². The molecule has 0 radical (unpaired) electrons. The number of rotatable bonds is 14. The van der Waals surface area contributed by atoms with Gasteiger partial charge in [0.1, 0.15) is 6.04 Å². The van der Waals surface area contributed by atoms with Gasteiger partial charge in [-0.15, -0.1) is 0 Å². The Morgan fingerprint density at radius 3 is 2.31 bits per heavy atom. The first-order valence-electron chi connectivity index (χ1n) is 11.4. The maximum Gasteiger partial charge on any atom is 0.404 e. The molecule has 12 nitrogen and oxygen atoms in total. The van der Waals surface area contributed by atoms with Gasteiger partial charge in [-0.25, -0.2) is 4.79 Å². The number of amides is 5. The number of aryl methyl sites for hydroxylation is 1. The van der Waals surface area contributed by atoms with E-state index < -0.39 is 35.8 Å². The zero-order chi connectivity index (χ0) is 25.2. The van der Waals surface area contributed by atoms with E-state index in [9.17, 15) is 24.0 Å². The van der Waals surface area contributed by atoms with Crippen LogP contribution in [-0.4, -0.2) is 92.0 Å². The fourth-order valence-corrected chi connectivity index (χ4v) is 3.82. The van der Waals surface area contributed by atoms with Gasteiger partial charge in [-0.2, -0.15) is 0 Å². The van der Waals surface area contributed by atoms with Crippen molar-refractivity contribution in [2.45, 2.75) is 31.7 Å². The van der Waals surface area contributed by atoms with Gasteiger partial charge in [0.2, 0.25) is 11.8 Å². The van der Waals surface area contributed by atoms with Crippen molar-refractivity contribution in [2.24, 2.45) is 0 Å². The summed E-state index contributed by atoms with van der Waals surface area (Å²) >= 11 is 0. The van der Waals surface area contributed by atoms with Crippen molar-refractivity contribution in [1.29, 1.82) is 0 Å². The number of carbonyl (C=O) groups excluding carboxylic acids is 4. The number of piperidine rings is 1. The molecule has 0 aromatic heterocycles. The summed E-state index contributed by atoms with van der Waals surface area (Å²) in [6.07, 6.45) is 0.476. The van der Waals surface area contributed by atoms with Gasteiger partial charge in [-0.1, -0.05) is 6.07 Å². The number of fused-ring (bicyclic) bond motifs is 1. The highest BCUT2D eigenvalue weighted by atomic mass is 16.5. The lowest BCUT2D eigenvalue weighted by molar-refractivity contribution is -0.136. The molecular weight excluding hydrogens is 462 g/mol. The van der Waals surface area contributed by atoms with Gasteiger partial charge in [0.15, 0.2) is 0 Å². The highest BCUT2D eigenvalue weighted by Gasteiger charge is 2.44. The molecule has 3 N–H and O–H groups in total. The Balaban J connectivity index is 1.32. The molecular formula is C23H29N3O9. The summed E-state index contributed by atoms with van der Waals surface area (Å²) in [5.74, 6) is -2.07. The van der Waals surface area contributed by atoms with Crippen molar-refractivity contribution in [3.63, 3.8) is 0 Å². The number of hydrogen-bond donors (Lipinski definition) is 3. The van der Waals surface area contributed by atoms with Crippen LogP contribution in [0.15, 0.2) is 18.2 Å². The van der Waals surface area contributed by atoms with Crippen molar-refractivity contribution in [2.75, 3.05) is 46.2 Å². The molecule has 0 spiro atoms. The second kappa shape index (κ2) is 12.9. The fourth-order valence-electron chi connectivity index (χ4n) is 3.82. The topological polar surface area (TPSA) is 161 Å². The Hall–Kier alpha value is -3.35. The smallest absolute Gasteiger partial charge is 0.404 e. The van der Waals surface area contributed by atoms with Gasteiger partial charge in [0, 0.05) is 19.6 Å². The first kappa shape index (κ1) is 26.3. The number of nitrogens with one attached hydrogen (secondary N) is 2. The molecule has 12 heteroatoms. The van der Waals surface area contributed by atoms with Gasteiger partial charge in [-0.05, 0) is 37.0 Å². The van der Waals surface area contributed by atoms with E-state index in [1.807, 2.05) is 0 Å². The second-order valence-corrected chi connectivity index (χ2v) is 8.00. The van der Waals surface area contributed by atoms with E-state index in [2.05, 4.69) is 10.6 Å². The number of benzene rings is 1. The Morgan fingerprint density at radius 2 is 1.63 bits per heavy atom. The van der Waals surface area contributed by atoms with Crippen LogP contribution in [0.1, 0.15) is 45.5 Å². The summed E-state index contributed by atoms with van der Waals surface area (Å²) in [6, 6.07) is 4.09. The Bertz CT molecular complexity index is 966. The molecule has 35 heavy (non-hydrogen) atoms. The van der Waals surface area contributed by atoms with Gasteiger partial charge in [0.05, 0.1) is 44.2 Å². The number of carboxylic acid groups (broad SMARTS) is 1. The van der Waals surface area contributed by atoms with E-state index in [0.717, 1.165) is 10.5 Å². The van der Waals surface area contributed by atoms with E-state index in [0.29, 0.717) is 45.9 Å². The summed E-state index contributed by atoms with van der Waals surface area (Å²) < 4.78 is 16.1. The maximum atomic E-state index is 12.9. The first-order valence-corrected chi connectivity index (χ1v) is 11.4. The van der Waals surface area contributed by atoms with Crippen LogP contribution in [0.2, 0.25) is 0 Å². The van der Waals surface area contributed by atoms with E-state index in [1.54, 1.807) is 18.2 Å². The largest absolute Gasteiger partial charge is 0.465 e. The van der Waals surface area contributed by atoms with E-state index >= 15 is 0 Å². The molecule has 0 aliphatic carbocycles. The molecule has 1 aromatic carbocycles. The molecule has 2 heterocycles. The van der Waals surface area contributed by atoms with Crippen LogP contribution in [0.4, 0.5) is 4.79 Å². The van der Waals surface area contributed by atoms with Crippen molar-refractivity contribution in [1.82, 2.24) is 15.5 Å². The molecule has 1 aromatic rings. The van der Waals surface area contributed by atoms with Gasteiger partial charge in [-0.3, -0.25) is 29.4 Å². The van der Waals surface area contributed by atoms with Crippen LogP contribution in [0, 0.1) is 0 Å². The Kier molecular flexibility index (Phi) is 9.70. The molecule has 0 bridgehead atoms. The molecule has 1 atom stereocenters. The minimum Gasteiger partial charge on any atom is -0.465 e. The Labute approximate surface area is 201 Å². The minimum absolute atomic E-state index is 0.0835. The average molecular weight is 491 g/mol. The highest BCUT2D eigenvalue weighted by molar-refractivity contribution is 6.23. The summed E-state index contributed by atoms with van der Waals surface area (Å²) in [4.78, 5) is 60.3. The highest BCUT2D eigenvalue weighted by Crippen LogP contribution is 2.28. The Morgan fingerprint density at radius 1 is 0.971 bits per heavy atom. The zero-order valence-electron chi connectivity index (χ0n) is 19.2. The molecule has 1 fully saturated rings. The SMILES string of the molecule is O=C(O)NCCOCCOCCOCCCc1ccc2c(c1)C(=O)N(C1CCC(=O)NC1=O)C2=O. The van der Waals surface area contributed by atoms with E-state index in [4.69, 9.17) is 19.3 Å². The number of imide groups is 2. The maximum absolute atomic E-state index is 12.9. The predicted octanol–water partition coefficient (Wildman–Crippen LogP) is 0.338. The number of ether oxygens (including phenoxy) is 3. The third kappa shape index (κ3) is 7.31. The zero-order valence-corrected chi connectivity index (χ0v) is 19.2. The molecule has 0 saturated carbocycles. The van der Waals surface area contributed by atoms with Gasteiger partial charge < -0.3 is 24.6 Å². The monoisotopic (exact) mass is 491 g/mol. The average Bonchev–Trinajstić information content (AvgIpc) is 3.06. The van der Waals surface area contributed by atoms with Crippen molar-refractivity contribution in [3.05, 3.63) is 34.9 Å². The summed E-state index contributed by atoms with van der Waals surface area (Å²) in [7, 11) is 0. The molecule has 2 aliphatic heterocycles. The van der Waals surface area contributed by atoms with Crippen LogP contribution in [0.5, 0.6) is 0 Å². The van der Waals surface area contributed by atoms with Crippen LogP contribution in [0.3, 0.4) is 0 Å². The van der Waals surface area contributed by atoms with Crippen molar-refractivity contribution >= 4 is 29.7 Å². The number of nitrogens with zero attached hydrogens (tertiary/aromatic N) is 1. The molecule has 2 aliphatic rings. The van der Waals surface area contributed by atoms with Crippen LogP contribution in [0.25, 0.3) is 0 Å². The molecule has 5 amide bonds. The van der Waals surface area contributed by atoms with E-state index in [-0.39, 0.29) is 37.1 Å². The van der Waals surface area contributed by atoms with E-state index in [1.165, 1.54) is 0 Å². The lowest BCUT2D eigenvalue weighted by Gasteiger charge is -2.27. The lowest BCUT2D eigenvalue weighted by atomic mass is 10.0. The summed E-state index contributed by atoms with van der Waals surface area (Å²) in [5, 5.41) is 12.8. The summed E-state index contributed by atoms with van der Waals surface area (Å²) in [6.45, 7) is 2.57. The summed E-state index contributed by atoms with van der Waals surface area (Å²) in [5.41, 5.74) is 1.41. The first-order chi connectivity index (χ1) is 16.9. The second-order valence-electron chi connectivity index (χ2n) is 8.00. The van der Waals surface area contributed by atoms with Gasteiger partial charge in [0.25, 0.3) is 11.8 Å². The molecule has 1 unspecified atom stereocenters. The predicted molar refractivity (Wildman–Crippen MR) is 120 cm³/mol. The molecule has 1 saturated heterocycles. The van der Waals surface area contributed by atoms with Crippen LogP contribution in [-0.2, 0) is 30.2 Å². The fraction of sp³-hybridized carbons (Fsp3) is 0.522. The molecule has 190 valence electrons. The quantitative estimate of drug-likeness (QED) is 0.246. The minimum atomic E-state index is -1.09. The lowest BCUT2D eigenvalue weighted by Crippen LogP contribution is -2.54. The number of hydrogen-bond acceptors (Lipinski definition) is 8. The third-order valence-electron chi connectivity index (χ3n) is 5.52. The van der Waals surface area contributed by atoms with Gasteiger partial charge >= 0.3 is 6.09 Å².